The lowest BCUT2D eigenvalue weighted by Gasteiger charge is -2.11. The standard InChI is InChI=1S/C15H18N2O/c1-11-5-7-14(15(8-11)18-3)17-10-13-6-4-12(2)9-16-13/h4-9,17H,10H2,1-3H3. The van der Waals surface area contributed by atoms with Crippen molar-refractivity contribution in [3.05, 3.63) is 53.3 Å². The Morgan fingerprint density at radius 1 is 1.11 bits per heavy atom. The second-order valence-corrected chi connectivity index (χ2v) is 4.38. The molecule has 0 spiro atoms. The normalized spacial score (nSPS) is 10.2. The number of benzene rings is 1. The monoisotopic (exact) mass is 242 g/mol. The van der Waals surface area contributed by atoms with E-state index in [0.29, 0.717) is 6.54 Å². The van der Waals surface area contributed by atoms with Crippen molar-refractivity contribution in [2.75, 3.05) is 12.4 Å². The van der Waals surface area contributed by atoms with Crippen molar-refractivity contribution in [3.8, 4) is 5.75 Å². The molecule has 1 aromatic carbocycles. The van der Waals surface area contributed by atoms with Crippen LogP contribution < -0.4 is 10.1 Å². The molecule has 0 saturated heterocycles. The molecule has 18 heavy (non-hydrogen) atoms. The minimum absolute atomic E-state index is 0.694. The van der Waals surface area contributed by atoms with Gasteiger partial charge in [-0.1, -0.05) is 12.1 Å². The SMILES string of the molecule is COc1cc(C)ccc1NCc1ccc(C)cn1. The van der Waals surface area contributed by atoms with Crippen LogP contribution in [0, 0.1) is 13.8 Å². The maximum atomic E-state index is 5.35. The van der Waals surface area contributed by atoms with Crippen molar-refractivity contribution in [2.45, 2.75) is 20.4 Å². The van der Waals surface area contributed by atoms with Gasteiger partial charge in [-0.2, -0.15) is 0 Å². The van der Waals surface area contributed by atoms with Gasteiger partial charge in [-0.25, -0.2) is 0 Å². The zero-order valence-corrected chi connectivity index (χ0v) is 11.0. The molecule has 3 heteroatoms. The van der Waals surface area contributed by atoms with Crippen LogP contribution in [0.25, 0.3) is 0 Å². The van der Waals surface area contributed by atoms with Crippen molar-refractivity contribution in [2.24, 2.45) is 0 Å². The Bertz CT molecular complexity index is 521. The summed E-state index contributed by atoms with van der Waals surface area (Å²) < 4.78 is 5.35. The smallest absolute Gasteiger partial charge is 0.142 e. The minimum Gasteiger partial charge on any atom is -0.495 e. The van der Waals surface area contributed by atoms with E-state index in [9.17, 15) is 0 Å². The fourth-order valence-electron chi connectivity index (χ4n) is 1.73. The van der Waals surface area contributed by atoms with Crippen molar-refractivity contribution < 1.29 is 4.74 Å². The molecule has 0 atom stereocenters. The lowest BCUT2D eigenvalue weighted by atomic mass is 10.2. The Labute approximate surface area is 108 Å². The summed E-state index contributed by atoms with van der Waals surface area (Å²) in [5, 5.41) is 3.34. The molecule has 1 aromatic heterocycles. The fraction of sp³-hybridized carbons (Fsp3) is 0.267. The van der Waals surface area contributed by atoms with Gasteiger partial charge in [0.15, 0.2) is 0 Å². The van der Waals surface area contributed by atoms with Crippen LogP contribution in [0.4, 0.5) is 5.69 Å². The van der Waals surface area contributed by atoms with E-state index in [2.05, 4.69) is 22.4 Å². The average Bonchev–Trinajstić information content (AvgIpc) is 2.39. The summed E-state index contributed by atoms with van der Waals surface area (Å²) in [5.41, 5.74) is 4.37. The third-order valence-corrected chi connectivity index (χ3v) is 2.79. The van der Waals surface area contributed by atoms with E-state index in [4.69, 9.17) is 4.74 Å². The number of nitrogens with one attached hydrogen (secondary N) is 1. The molecule has 94 valence electrons. The highest BCUT2D eigenvalue weighted by molar-refractivity contribution is 5.57. The molecule has 2 rings (SSSR count). The van der Waals surface area contributed by atoms with E-state index in [1.54, 1.807) is 7.11 Å². The molecule has 0 saturated carbocycles. The van der Waals surface area contributed by atoms with Gasteiger partial charge in [0.05, 0.1) is 25.0 Å². The molecule has 0 aliphatic heterocycles. The minimum atomic E-state index is 0.694. The summed E-state index contributed by atoms with van der Waals surface area (Å²) in [5.74, 6) is 0.863. The van der Waals surface area contributed by atoms with Gasteiger partial charge in [0.1, 0.15) is 5.75 Å². The van der Waals surface area contributed by atoms with Crippen LogP contribution >= 0.6 is 0 Å². The molecule has 0 aliphatic rings. The van der Waals surface area contributed by atoms with Gasteiger partial charge in [0, 0.05) is 6.20 Å². The second kappa shape index (κ2) is 5.54. The largest absolute Gasteiger partial charge is 0.495 e. The third-order valence-electron chi connectivity index (χ3n) is 2.79. The van der Waals surface area contributed by atoms with Crippen LogP contribution in [-0.2, 0) is 6.54 Å². The molecule has 1 N–H and O–H groups in total. The first-order valence-corrected chi connectivity index (χ1v) is 5.99. The summed E-state index contributed by atoms with van der Waals surface area (Å²) >= 11 is 0. The highest BCUT2D eigenvalue weighted by Gasteiger charge is 2.03. The van der Waals surface area contributed by atoms with Crippen LogP contribution in [0.5, 0.6) is 5.75 Å². The van der Waals surface area contributed by atoms with Gasteiger partial charge < -0.3 is 10.1 Å². The van der Waals surface area contributed by atoms with Crippen molar-refractivity contribution >= 4 is 5.69 Å². The Morgan fingerprint density at radius 3 is 2.56 bits per heavy atom. The average molecular weight is 242 g/mol. The summed E-state index contributed by atoms with van der Waals surface area (Å²) in [6.45, 7) is 4.78. The Morgan fingerprint density at radius 2 is 1.89 bits per heavy atom. The number of pyridine rings is 1. The zero-order chi connectivity index (χ0) is 13.0. The van der Waals surface area contributed by atoms with Crippen LogP contribution in [0.2, 0.25) is 0 Å². The molecule has 0 unspecified atom stereocenters. The quantitative estimate of drug-likeness (QED) is 0.893. The van der Waals surface area contributed by atoms with Crippen molar-refractivity contribution in [1.82, 2.24) is 4.98 Å². The van der Waals surface area contributed by atoms with Gasteiger partial charge in [-0.3, -0.25) is 4.98 Å². The topological polar surface area (TPSA) is 34.1 Å². The van der Waals surface area contributed by atoms with Crippen LogP contribution in [0.3, 0.4) is 0 Å². The van der Waals surface area contributed by atoms with Crippen LogP contribution in [0.1, 0.15) is 16.8 Å². The first kappa shape index (κ1) is 12.4. The third kappa shape index (κ3) is 3.00. The summed E-state index contributed by atoms with van der Waals surface area (Å²) in [4.78, 5) is 4.36. The molecular weight excluding hydrogens is 224 g/mol. The van der Waals surface area contributed by atoms with E-state index in [-0.39, 0.29) is 0 Å². The number of nitrogens with zero attached hydrogens (tertiary/aromatic N) is 1. The number of aromatic nitrogens is 1. The molecule has 3 nitrogen and oxygen atoms in total. The number of hydrogen-bond donors (Lipinski definition) is 1. The molecular formula is C15H18N2O. The molecule has 0 bridgehead atoms. The highest BCUT2D eigenvalue weighted by Crippen LogP contribution is 2.25. The highest BCUT2D eigenvalue weighted by atomic mass is 16.5. The Hall–Kier alpha value is -2.03. The second-order valence-electron chi connectivity index (χ2n) is 4.38. The molecule has 0 amide bonds. The van der Waals surface area contributed by atoms with E-state index in [0.717, 1.165) is 17.1 Å². The van der Waals surface area contributed by atoms with Gasteiger partial charge in [0.25, 0.3) is 0 Å². The number of rotatable bonds is 4. The molecule has 0 fully saturated rings. The van der Waals surface area contributed by atoms with Crippen molar-refractivity contribution in [3.63, 3.8) is 0 Å². The molecule has 0 radical (unpaired) electrons. The van der Waals surface area contributed by atoms with E-state index in [1.807, 2.05) is 38.2 Å². The van der Waals surface area contributed by atoms with Gasteiger partial charge in [-0.15, -0.1) is 0 Å². The summed E-state index contributed by atoms with van der Waals surface area (Å²) in [6, 6.07) is 10.2. The Kier molecular flexibility index (Phi) is 3.82. The lowest BCUT2D eigenvalue weighted by molar-refractivity contribution is 0.416. The van der Waals surface area contributed by atoms with E-state index < -0.39 is 0 Å². The van der Waals surface area contributed by atoms with E-state index >= 15 is 0 Å². The summed E-state index contributed by atoms with van der Waals surface area (Å²) in [7, 11) is 1.68. The molecule has 2 aromatic rings. The van der Waals surface area contributed by atoms with Crippen LogP contribution in [0.15, 0.2) is 36.5 Å². The predicted octanol–water partition coefficient (Wildman–Crippen LogP) is 3.32. The maximum absolute atomic E-state index is 5.35. The maximum Gasteiger partial charge on any atom is 0.142 e. The summed E-state index contributed by atoms with van der Waals surface area (Å²) in [6.07, 6.45) is 1.88. The first-order chi connectivity index (χ1) is 8.69. The number of hydrogen-bond acceptors (Lipinski definition) is 3. The van der Waals surface area contributed by atoms with Gasteiger partial charge >= 0.3 is 0 Å². The zero-order valence-electron chi connectivity index (χ0n) is 11.0. The fourth-order valence-corrected chi connectivity index (χ4v) is 1.73. The first-order valence-electron chi connectivity index (χ1n) is 5.99. The number of ether oxygens (including phenoxy) is 1. The van der Waals surface area contributed by atoms with Crippen molar-refractivity contribution in [1.29, 1.82) is 0 Å². The number of aryl methyl sites for hydroxylation is 2. The van der Waals surface area contributed by atoms with E-state index in [1.165, 1.54) is 11.1 Å². The van der Waals surface area contributed by atoms with Gasteiger partial charge in [-0.05, 0) is 43.2 Å². The molecule has 0 aliphatic carbocycles. The van der Waals surface area contributed by atoms with Gasteiger partial charge in [0.2, 0.25) is 0 Å². The number of anilines is 1. The van der Waals surface area contributed by atoms with Crippen LogP contribution in [-0.4, -0.2) is 12.1 Å². The predicted molar refractivity (Wildman–Crippen MR) is 74.0 cm³/mol. The lowest BCUT2D eigenvalue weighted by Crippen LogP contribution is -2.03. The number of methoxy groups -OCH3 is 1. The Balaban J connectivity index is 2.08. The molecule has 1 heterocycles.